The minimum absolute atomic E-state index is 0.197. The minimum atomic E-state index is -3.05. The molecule has 0 aliphatic rings. The smallest absolute Gasteiger partial charge is 0.381 e. The molecule has 0 unspecified atom stereocenters. The summed E-state index contributed by atoms with van der Waals surface area (Å²) in [6.07, 6.45) is 2.30. The van der Waals surface area contributed by atoms with Gasteiger partial charge < -0.3 is 14.9 Å². The van der Waals surface area contributed by atoms with E-state index in [2.05, 4.69) is 9.71 Å². The molecule has 0 bridgehead atoms. The number of hydrogen-bond donors (Lipinski definition) is 3. The van der Waals surface area contributed by atoms with Gasteiger partial charge in [0.1, 0.15) is 12.1 Å². The number of hydrogen-bond acceptors (Lipinski definition) is 7. The third-order valence-electron chi connectivity index (χ3n) is 1.78. The molecule has 0 aliphatic carbocycles. The average molecular weight is 296 g/mol. The molecule has 9 nitrogen and oxygen atoms in total. The number of imidazole rings is 1. The van der Waals surface area contributed by atoms with E-state index in [-0.39, 0.29) is 18.2 Å². The third-order valence-corrected chi connectivity index (χ3v) is 3.10. The normalized spacial score (nSPS) is 11.6. The van der Waals surface area contributed by atoms with E-state index in [0.29, 0.717) is 6.61 Å². The first-order chi connectivity index (χ1) is 8.94. The van der Waals surface area contributed by atoms with E-state index in [0.717, 1.165) is 6.20 Å². The van der Waals surface area contributed by atoms with Crippen molar-refractivity contribution in [2.24, 2.45) is 0 Å². The first-order valence-electron chi connectivity index (χ1n) is 5.60. The Morgan fingerprint density at radius 2 is 2.21 bits per heavy atom. The van der Waals surface area contributed by atoms with Crippen LogP contribution < -0.4 is 4.72 Å². The second-order valence-corrected chi connectivity index (χ2v) is 5.07. The van der Waals surface area contributed by atoms with Gasteiger partial charge in [0.05, 0.1) is 6.61 Å². The zero-order valence-corrected chi connectivity index (χ0v) is 12.0. The molecule has 0 saturated carbocycles. The highest BCUT2D eigenvalue weighted by molar-refractivity contribution is 8.21. The summed E-state index contributed by atoms with van der Waals surface area (Å²) in [6, 6.07) is 0. The van der Waals surface area contributed by atoms with Crippen molar-refractivity contribution in [1.29, 1.82) is 0 Å². The molecule has 10 heteroatoms. The highest BCUT2D eigenvalue weighted by Gasteiger charge is 2.16. The highest BCUT2D eigenvalue weighted by Crippen LogP contribution is 2.35. The molecule has 1 heterocycles. The molecule has 19 heavy (non-hydrogen) atoms. The summed E-state index contributed by atoms with van der Waals surface area (Å²) in [5, 5.41) is 10.4. The largest absolute Gasteiger partial charge is 0.383 e. The zero-order chi connectivity index (χ0) is 14.9. The van der Waals surface area contributed by atoms with Crippen LogP contribution in [0.1, 0.15) is 13.8 Å². The molecule has 0 atom stereocenters. The number of nitro groups is 1. The molecule has 1 rings (SSSR count). The Balaban J connectivity index is 0.00000154. The van der Waals surface area contributed by atoms with Gasteiger partial charge in [-0.25, -0.2) is 4.72 Å². The van der Waals surface area contributed by atoms with Crippen molar-refractivity contribution in [3.8, 4) is 0 Å². The summed E-state index contributed by atoms with van der Waals surface area (Å²) in [4.78, 5) is 13.2. The van der Waals surface area contributed by atoms with Gasteiger partial charge >= 0.3 is 5.82 Å². The van der Waals surface area contributed by atoms with Crippen LogP contribution >= 0.6 is 10.8 Å². The van der Waals surface area contributed by atoms with E-state index in [4.69, 9.17) is 4.74 Å². The van der Waals surface area contributed by atoms with Gasteiger partial charge in [-0.05, 0) is 9.91 Å². The van der Waals surface area contributed by atoms with Gasteiger partial charge in [0.25, 0.3) is 0 Å². The van der Waals surface area contributed by atoms with Gasteiger partial charge in [0.15, 0.2) is 0 Å². The maximum atomic E-state index is 10.4. The summed E-state index contributed by atoms with van der Waals surface area (Å²) < 4.78 is 27.7. The van der Waals surface area contributed by atoms with Crippen molar-refractivity contribution in [2.45, 2.75) is 19.7 Å². The predicted molar refractivity (Wildman–Crippen MR) is 73.0 cm³/mol. The number of aromatic nitrogens is 2. The Morgan fingerprint density at radius 1 is 1.58 bits per heavy atom. The molecule has 0 amide bonds. The average Bonchev–Trinajstić information content (AvgIpc) is 2.79. The van der Waals surface area contributed by atoms with E-state index in [1.807, 2.05) is 13.8 Å². The molecule has 0 saturated heterocycles. The van der Waals surface area contributed by atoms with Crippen LogP contribution in [0.4, 0.5) is 5.82 Å². The third kappa shape index (κ3) is 7.08. The lowest BCUT2D eigenvalue weighted by molar-refractivity contribution is -0.389. The van der Waals surface area contributed by atoms with Crippen molar-refractivity contribution < 1.29 is 18.8 Å². The Kier molecular flexibility index (Phi) is 8.27. The van der Waals surface area contributed by atoms with Crippen LogP contribution in [0.25, 0.3) is 0 Å². The van der Waals surface area contributed by atoms with E-state index in [1.54, 1.807) is 0 Å². The van der Waals surface area contributed by atoms with Crippen LogP contribution in [0.2, 0.25) is 0 Å². The quantitative estimate of drug-likeness (QED) is 0.397. The summed E-state index contributed by atoms with van der Waals surface area (Å²) in [7, 11) is -1.56. The molecule has 0 radical (unpaired) electrons. The van der Waals surface area contributed by atoms with Crippen molar-refractivity contribution in [3.63, 3.8) is 0 Å². The fourth-order valence-electron chi connectivity index (χ4n) is 1.07. The Hall–Kier alpha value is -1.20. The molecular formula is C9H20N4O5S. The monoisotopic (exact) mass is 296 g/mol. The molecule has 1 aromatic heterocycles. The fourth-order valence-corrected chi connectivity index (χ4v) is 2.13. The fraction of sp³-hybridized carbons (Fsp3) is 0.667. The van der Waals surface area contributed by atoms with Crippen LogP contribution in [0.5, 0.6) is 0 Å². The van der Waals surface area contributed by atoms with E-state index >= 15 is 0 Å². The van der Waals surface area contributed by atoms with E-state index < -0.39 is 15.7 Å². The Bertz CT molecular complexity index is 384. The van der Waals surface area contributed by atoms with Gasteiger partial charge in [-0.2, -0.15) is 0 Å². The second-order valence-electron chi connectivity index (χ2n) is 3.19. The standard InChI is InChI=1S/C7H14N4O5S.C2H6/c1-16-3-2-9-17(14,15)6-10-4-7(8-5-10)11(12)13;1-2/h4-5,9,14-15H,2-3,6H2,1H3;1-2H3. The maximum Gasteiger partial charge on any atom is 0.381 e. The number of methoxy groups -OCH3 is 1. The van der Waals surface area contributed by atoms with Gasteiger partial charge in [0.2, 0.25) is 6.33 Å². The van der Waals surface area contributed by atoms with Crippen molar-refractivity contribution in [1.82, 2.24) is 14.3 Å². The van der Waals surface area contributed by atoms with Crippen LogP contribution in [0.3, 0.4) is 0 Å². The number of nitrogens with one attached hydrogen (secondary N) is 1. The Labute approximate surface area is 113 Å². The first-order valence-corrected chi connectivity index (χ1v) is 7.32. The second kappa shape index (κ2) is 8.82. The number of ether oxygens (including phenoxy) is 1. The Morgan fingerprint density at radius 3 is 2.68 bits per heavy atom. The lowest BCUT2D eigenvalue weighted by atomic mass is 10.7. The topological polar surface area (TPSA) is 123 Å². The molecule has 112 valence electrons. The lowest BCUT2D eigenvalue weighted by Crippen LogP contribution is -2.26. The van der Waals surface area contributed by atoms with Gasteiger partial charge in [-0.15, -0.1) is 10.8 Å². The number of nitrogens with zero attached hydrogens (tertiary/aromatic N) is 3. The van der Waals surface area contributed by atoms with Crippen molar-refractivity contribution in [2.75, 3.05) is 20.3 Å². The van der Waals surface area contributed by atoms with Crippen LogP contribution in [0, 0.1) is 10.1 Å². The summed E-state index contributed by atoms with van der Waals surface area (Å²) >= 11 is 0. The zero-order valence-electron chi connectivity index (χ0n) is 11.1. The summed E-state index contributed by atoms with van der Waals surface area (Å²) in [6.45, 7) is 4.61. The van der Waals surface area contributed by atoms with Crippen LogP contribution in [0.15, 0.2) is 12.5 Å². The molecule has 1 aromatic rings. The van der Waals surface area contributed by atoms with Crippen LogP contribution in [-0.4, -0.2) is 43.8 Å². The van der Waals surface area contributed by atoms with Crippen LogP contribution in [-0.2, 0) is 10.6 Å². The minimum Gasteiger partial charge on any atom is -0.383 e. The molecular weight excluding hydrogens is 276 g/mol. The lowest BCUT2D eigenvalue weighted by Gasteiger charge is -2.32. The SMILES string of the molecule is CC.COCCNS(O)(O)Cn1cnc([N+](=O)[O-])c1. The van der Waals surface area contributed by atoms with Crippen molar-refractivity contribution >= 4 is 16.6 Å². The summed E-state index contributed by atoms with van der Waals surface area (Å²) in [5.74, 6) is -0.533. The van der Waals surface area contributed by atoms with E-state index in [9.17, 15) is 19.2 Å². The van der Waals surface area contributed by atoms with Gasteiger partial charge in [-0.3, -0.25) is 13.7 Å². The summed E-state index contributed by atoms with van der Waals surface area (Å²) in [5.41, 5.74) is 0. The molecule has 3 N–H and O–H groups in total. The first kappa shape index (κ1) is 17.8. The molecule has 0 aromatic carbocycles. The molecule has 0 aliphatic heterocycles. The number of rotatable bonds is 7. The predicted octanol–water partition coefficient (Wildman–Crippen LogP) is 1.68. The van der Waals surface area contributed by atoms with Gasteiger partial charge in [0, 0.05) is 13.7 Å². The maximum absolute atomic E-state index is 10.4. The molecule has 0 spiro atoms. The van der Waals surface area contributed by atoms with E-state index in [1.165, 1.54) is 18.0 Å². The highest BCUT2D eigenvalue weighted by atomic mass is 32.3. The van der Waals surface area contributed by atoms with Gasteiger partial charge in [-0.1, -0.05) is 13.8 Å². The molecule has 0 fully saturated rings. The van der Waals surface area contributed by atoms with Crippen molar-refractivity contribution in [3.05, 3.63) is 22.6 Å².